The van der Waals surface area contributed by atoms with Crippen LogP contribution in [0.25, 0.3) is 11.5 Å². The second kappa shape index (κ2) is 12.0. The molecule has 2 atom stereocenters. The molecule has 11 heteroatoms. The molecule has 214 valence electrons. The number of aryl methyl sites for hydroxylation is 2. The molecule has 2 aromatic carbocycles. The average Bonchev–Trinajstić information content (AvgIpc) is 3.56. The van der Waals surface area contributed by atoms with Crippen LogP contribution in [0.15, 0.2) is 71.3 Å². The van der Waals surface area contributed by atoms with Crippen molar-refractivity contribution in [3.05, 3.63) is 89.6 Å². The minimum absolute atomic E-state index is 0.0535. The highest BCUT2D eigenvalue weighted by Gasteiger charge is 2.39. The summed E-state index contributed by atoms with van der Waals surface area (Å²) in [5, 5.41) is 9.77. The number of hydrogen-bond donors (Lipinski definition) is 1. The standard InChI is InChI=1S/C30H29F3N4O4/c1-19-25(35-27(41-19)21-7-3-2-4-8-21)13-15-40-23-9-5-6-20(16-23)10-11-22-17-37(18-24(22)28(38)39)29-34-14-12-26(36-29)30(31,32)33/h2-9,12,14,16,22,24H,10-11,13,15,17-18H2,1H3,(H,38,39)/t22-,24+/m1/s1. The molecule has 1 fully saturated rings. The number of rotatable bonds is 10. The van der Waals surface area contributed by atoms with Gasteiger partial charge in [-0.15, -0.1) is 0 Å². The number of anilines is 1. The van der Waals surface area contributed by atoms with E-state index in [0.717, 1.165) is 34.8 Å². The van der Waals surface area contributed by atoms with Crippen molar-refractivity contribution in [1.29, 1.82) is 0 Å². The van der Waals surface area contributed by atoms with Crippen LogP contribution < -0.4 is 9.64 Å². The number of aromatic nitrogens is 3. The van der Waals surface area contributed by atoms with Crippen LogP contribution in [-0.4, -0.2) is 45.7 Å². The molecular weight excluding hydrogens is 537 g/mol. The predicted octanol–water partition coefficient (Wildman–Crippen LogP) is 5.85. The summed E-state index contributed by atoms with van der Waals surface area (Å²) in [7, 11) is 0. The van der Waals surface area contributed by atoms with Crippen LogP contribution in [0.1, 0.15) is 29.1 Å². The van der Waals surface area contributed by atoms with E-state index in [2.05, 4.69) is 15.0 Å². The van der Waals surface area contributed by atoms with E-state index in [0.29, 0.717) is 37.5 Å². The van der Waals surface area contributed by atoms with Crippen molar-refractivity contribution in [3.8, 4) is 17.2 Å². The van der Waals surface area contributed by atoms with E-state index in [4.69, 9.17) is 9.15 Å². The number of nitrogens with zero attached hydrogens (tertiary/aromatic N) is 4. The van der Waals surface area contributed by atoms with Crippen LogP contribution in [0.3, 0.4) is 0 Å². The molecule has 41 heavy (non-hydrogen) atoms. The fourth-order valence-corrected chi connectivity index (χ4v) is 5.04. The Balaban J connectivity index is 1.17. The van der Waals surface area contributed by atoms with Crippen LogP contribution in [0, 0.1) is 18.8 Å². The summed E-state index contributed by atoms with van der Waals surface area (Å²) in [6, 6.07) is 18.1. The monoisotopic (exact) mass is 566 g/mol. The van der Waals surface area contributed by atoms with Gasteiger partial charge in [0, 0.05) is 31.3 Å². The fraction of sp³-hybridized carbons (Fsp3) is 0.333. The third kappa shape index (κ3) is 6.85. The number of aliphatic carboxylic acids is 1. The average molecular weight is 567 g/mol. The van der Waals surface area contributed by atoms with Crippen LogP contribution >= 0.6 is 0 Å². The first kappa shape index (κ1) is 28.1. The third-order valence-electron chi connectivity index (χ3n) is 7.20. The molecule has 1 aliphatic heterocycles. The first-order valence-corrected chi connectivity index (χ1v) is 13.3. The molecule has 0 bridgehead atoms. The normalized spacial score (nSPS) is 17.1. The lowest BCUT2D eigenvalue weighted by atomic mass is 9.90. The lowest BCUT2D eigenvalue weighted by Crippen LogP contribution is -2.25. The van der Waals surface area contributed by atoms with Gasteiger partial charge >= 0.3 is 12.1 Å². The molecule has 0 amide bonds. The molecule has 0 unspecified atom stereocenters. The van der Waals surface area contributed by atoms with Crippen LogP contribution in [0.2, 0.25) is 0 Å². The summed E-state index contributed by atoms with van der Waals surface area (Å²) in [4.78, 5) is 25.7. The quantitative estimate of drug-likeness (QED) is 0.255. The van der Waals surface area contributed by atoms with Gasteiger partial charge in [0.15, 0.2) is 0 Å². The predicted molar refractivity (Wildman–Crippen MR) is 145 cm³/mol. The molecule has 1 aliphatic rings. The number of alkyl halides is 3. The first-order valence-electron chi connectivity index (χ1n) is 13.3. The van der Waals surface area contributed by atoms with Gasteiger partial charge in [-0.05, 0) is 61.6 Å². The van der Waals surface area contributed by atoms with Crippen molar-refractivity contribution in [1.82, 2.24) is 15.0 Å². The zero-order valence-electron chi connectivity index (χ0n) is 22.3. The number of ether oxygens (including phenoxy) is 1. The Morgan fingerprint density at radius 3 is 2.63 bits per heavy atom. The van der Waals surface area contributed by atoms with Crippen molar-refractivity contribution in [2.75, 3.05) is 24.6 Å². The molecule has 0 spiro atoms. The number of oxazole rings is 1. The summed E-state index contributed by atoms with van der Waals surface area (Å²) in [6.45, 7) is 2.60. The lowest BCUT2D eigenvalue weighted by molar-refractivity contribution is -0.142. The maximum absolute atomic E-state index is 13.1. The Hall–Kier alpha value is -4.41. The largest absolute Gasteiger partial charge is 0.493 e. The summed E-state index contributed by atoms with van der Waals surface area (Å²) in [5.74, 6) is -0.0992. The second-order valence-electron chi connectivity index (χ2n) is 10.0. The van der Waals surface area contributed by atoms with E-state index in [1.807, 2.05) is 61.5 Å². The van der Waals surface area contributed by atoms with Gasteiger partial charge in [0.25, 0.3) is 0 Å². The molecule has 0 radical (unpaired) electrons. The number of carbonyl (C=O) groups is 1. The topological polar surface area (TPSA) is 102 Å². The second-order valence-corrected chi connectivity index (χ2v) is 10.0. The molecule has 0 saturated carbocycles. The highest BCUT2D eigenvalue weighted by Crippen LogP contribution is 2.33. The van der Waals surface area contributed by atoms with E-state index in [1.54, 1.807) is 0 Å². The van der Waals surface area contributed by atoms with E-state index in [-0.39, 0.29) is 25.0 Å². The van der Waals surface area contributed by atoms with Gasteiger partial charge < -0.3 is 19.2 Å². The minimum atomic E-state index is -4.60. The van der Waals surface area contributed by atoms with Crippen LogP contribution in [0.4, 0.5) is 19.1 Å². The van der Waals surface area contributed by atoms with Gasteiger partial charge in [-0.2, -0.15) is 13.2 Å². The first-order chi connectivity index (χ1) is 19.7. The molecule has 2 aromatic heterocycles. The van der Waals surface area contributed by atoms with Gasteiger partial charge in [-0.1, -0.05) is 30.3 Å². The number of carboxylic acids is 1. The molecule has 5 rings (SSSR count). The van der Waals surface area contributed by atoms with Gasteiger partial charge in [0.05, 0.1) is 18.2 Å². The van der Waals surface area contributed by atoms with Crippen LogP contribution in [0.5, 0.6) is 5.75 Å². The number of benzene rings is 2. The van der Waals surface area contributed by atoms with E-state index in [1.165, 1.54) is 4.90 Å². The van der Waals surface area contributed by atoms with Gasteiger partial charge in [0.2, 0.25) is 11.8 Å². The minimum Gasteiger partial charge on any atom is -0.493 e. The van der Waals surface area contributed by atoms with Crippen molar-refractivity contribution in [2.45, 2.75) is 32.4 Å². The van der Waals surface area contributed by atoms with Gasteiger partial charge in [0.1, 0.15) is 17.2 Å². The summed E-state index contributed by atoms with van der Waals surface area (Å²) in [5.41, 5.74) is 1.66. The number of hydrogen-bond acceptors (Lipinski definition) is 7. The summed E-state index contributed by atoms with van der Waals surface area (Å²) >= 11 is 0. The third-order valence-corrected chi connectivity index (χ3v) is 7.20. The highest BCUT2D eigenvalue weighted by atomic mass is 19.4. The highest BCUT2D eigenvalue weighted by molar-refractivity contribution is 5.72. The van der Waals surface area contributed by atoms with E-state index < -0.39 is 23.8 Å². The van der Waals surface area contributed by atoms with Crippen molar-refractivity contribution in [2.24, 2.45) is 11.8 Å². The van der Waals surface area contributed by atoms with Crippen molar-refractivity contribution >= 4 is 11.9 Å². The Morgan fingerprint density at radius 1 is 1.07 bits per heavy atom. The number of halogens is 3. The van der Waals surface area contributed by atoms with E-state index >= 15 is 0 Å². The Bertz CT molecular complexity index is 1490. The summed E-state index contributed by atoms with van der Waals surface area (Å²) < 4.78 is 51.1. The van der Waals surface area contributed by atoms with Crippen molar-refractivity contribution < 1.29 is 32.2 Å². The van der Waals surface area contributed by atoms with Crippen molar-refractivity contribution in [3.63, 3.8) is 0 Å². The molecule has 1 saturated heterocycles. The summed E-state index contributed by atoms with van der Waals surface area (Å²) in [6.07, 6.45) is -1.86. The Morgan fingerprint density at radius 2 is 1.88 bits per heavy atom. The molecule has 0 aliphatic carbocycles. The van der Waals surface area contributed by atoms with Gasteiger partial charge in [-0.3, -0.25) is 4.79 Å². The molecule has 8 nitrogen and oxygen atoms in total. The maximum atomic E-state index is 13.1. The molecule has 3 heterocycles. The lowest BCUT2D eigenvalue weighted by Gasteiger charge is -2.17. The zero-order valence-corrected chi connectivity index (χ0v) is 22.3. The Labute approximate surface area is 234 Å². The SMILES string of the molecule is Cc1oc(-c2ccccc2)nc1CCOc1cccc(CC[C@@H]2CN(c3nccc(C(F)(F)F)n3)C[C@@H]2C(=O)O)c1. The zero-order chi connectivity index (χ0) is 29.0. The van der Waals surface area contributed by atoms with Crippen LogP contribution in [-0.2, 0) is 23.8 Å². The van der Waals surface area contributed by atoms with E-state index in [9.17, 15) is 23.1 Å². The van der Waals surface area contributed by atoms with Gasteiger partial charge in [-0.25, -0.2) is 15.0 Å². The molecular formula is C30H29F3N4O4. The fourth-order valence-electron chi connectivity index (χ4n) is 5.04. The maximum Gasteiger partial charge on any atom is 0.433 e. The molecule has 1 N–H and O–H groups in total. The number of carboxylic acid groups (broad SMARTS) is 1. The smallest absolute Gasteiger partial charge is 0.433 e. The Kier molecular flexibility index (Phi) is 8.23. The molecule has 4 aromatic rings.